The van der Waals surface area contributed by atoms with Crippen LogP contribution in [0.15, 0.2) is 29.3 Å². The van der Waals surface area contributed by atoms with Crippen molar-refractivity contribution in [2.75, 3.05) is 0 Å². The molecule has 0 radical (unpaired) electrons. The number of benzene rings is 1. The van der Waals surface area contributed by atoms with Gasteiger partial charge >= 0.3 is 0 Å². The number of nitrogens with one attached hydrogen (secondary N) is 1. The Labute approximate surface area is 157 Å². The summed E-state index contributed by atoms with van der Waals surface area (Å²) in [5, 5.41) is 3.25. The van der Waals surface area contributed by atoms with Crippen LogP contribution in [0.1, 0.15) is 35.4 Å². The average Bonchev–Trinajstić information content (AvgIpc) is 3.18. The zero-order valence-corrected chi connectivity index (χ0v) is 15.4. The van der Waals surface area contributed by atoms with Crippen molar-refractivity contribution in [3.05, 3.63) is 62.5 Å². The molecule has 1 N–H and O–H groups in total. The summed E-state index contributed by atoms with van der Waals surface area (Å²) in [6.45, 7) is 1.39. The molecule has 1 aliphatic rings. The lowest BCUT2D eigenvalue weighted by Gasteiger charge is -2.15. The highest BCUT2D eigenvalue weighted by molar-refractivity contribution is 7.18. The molecule has 0 aliphatic heterocycles. The maximum Gasteiger partial charge on any atom is 0.262 e. The van der Waals surface area contributed by atoms with E-state index in [2.05, 4.69) is 10.3 Å². The molecule has 2 aromatic heterocycles. The Morgan fingerprint density at radius 1 is 1.37 bits per heavy atom. The highest BCUT2D eigenvalue weighted by Crippen LogP contribution is 2.34. The van der Waals surface area contributed by atoms with Crippen LogP contribution in [-0.2, 0) is 24.2 Å². The fraction of sp³-hybridized carbons (Fsp3) is 0.316. The Balaban J connectivity index is 1.54. The Morgan fingerprint density at radius 2 is 2.19 bits per heavy atom. The van der Waals surface area contributed by atoms with E-state index in [4.69, 9.17) is 0 Å². The second-order valence-corrected chi connectivity index (χ2v) is 7.75. The van der Waals surface area contributed by atoms with Crippen molar-refractivity contribution in [2.24, 2.45) is 0 Å². The smallest absolute Gasteiger partial charge is 0.262 e. The predicted molar refractivity (Wildman–Crippen MR) is 98.8 cm³/mol. The number of halogens is 2. The molecule has 3 aromatic rings. The first-order valence-corrected chi connectivity index (χ1v) is 9.49. The van der Waals surface area contributed by atoms with Gasteiger partial charge in [0.25, 0.3) is 5.56 Å². The molecular formula is C19H17F2N3O2S. The fourth-order valence-corrected chi connectivity index (χ4v) is 4.72. The summed E-state index contributed by atoms with van der Waals surface area (Å²) in [6.07, 6.45) is 4.24. The third-order valence-corrected chi connectivity index (χ3v) is 6.01. The molecular weight excluding hydrogens is 372 g/mol. The summed E-state index contributed by atoms with van der Waals surface area (Å²) in [6, 6.07) is 2.55. The number of nitrogens with zero attached hydrogens (tertiary/aromatic N) is 2. The zero-order valence-electron chi connectivity index (χ0n) is 14.6. The van der Waals surface area contributed by atoms with Crippen LogP contribution in [0.2, 0.25) is 0 Å². The quantitative estimate of drug-likeness (QED) is 0.746. The van der Waals surface area contributed by atoms with Gasteiger partial charge in [0.15, 0.2) is 0 Å². The summed E-state index contributed by atoms with van der Waals surface area (Å²) in [4.78, 5) is 31.4. The van der Waals surface area contributed by atoms with Crippen molar-refractivity contribution in [3.8, 4) is 0 Å². The molecule has 0 fully saturated rings. The average molecular weight is 389 g/mol. The molecule has 0 saturated carbocycles. The van der Waals surface area contributed by atoms with Gasteiger partial charge in [-0.3, -0.25) is 14.2 Å². The molecule has 5 nitrogen and oxygen atoms in total. The summed E-state index contributed by atoms with van der Waals surface area (Å²) in [5.41, 5.74) is 1.01. The van der Waals surface area contributed by atoms with E-state index in [9.17, 15) is 18.4 Å². The number of carbonyl (C=O) groups is 1. The number of hydrogen-bond acceptors (Lipinski definition) is 4. The number of rotatable bonds is 4. The monoisotopic (exact) mass is 389 g/mol. The van der Waals surface area contributed by atoms with Crippen molar-refractivity contribution in [2.45, 2.75) is 38.8 Å². The Bertz CT molecular complexity index is 1110. The third kappa shape index (κ3) is 3.25. The van der Waals surface area contributed by atoms with Crippen LogP contribution in [0.4, 0.5) is 8.78 Å². The standard InChI is InChI=1S/C19H17F2N3O2S/c1-10(12-6-5-11(20)7-14(12)21)23-16(25)8-24-9-22-18-17(19(24)26)13-3-2-4-15(13)27-18/h5-7,9-10H,2-4,8H2,1H3,(H,23,25)/t10-/m0/s1. The Morgan fingerprint density at radius 3 is 2.96 bits per heavy atom. The number of carbonyl (C=O) groups excluding carboxylic acids is 1. The topological polar surface area (TPSA) is 64.0 Å². The maximum absolute atomic E-state index is 13.9. The van der Waals surface area contributed by atoms with Crippen molar-refractivity contribution in [1.82, 2.24) is 14.9 Å². The first-order chi connectivity index (χ1) is 12.9. The summed E-state index contributed by atoms with van der Waals surface area (Å²) < 4.78 is 28.2. The van der Waals surface area contributed by atoms with Crippen LogP contribution in [0.25, 0.3) is 10.2 Å². The lowest BCUT2D eigenvalue weighted by molar-refractivity contribution is -0.122. The molecule has 2 heterocycles. The minimum Gasteiger partial charge on any atom is -0.348 e. The lowest BCUT2D eigenvalue weighted by Crippen LogP contribution is -2.34. The van der Waals surface area contributed by atoms with Gasteiger partial charge in [0.2, 0.25) is 5.91 Å². The van der Waals surface area contributed by atoms with Gasteiger partial charge in [0, 0.05) is 16.5 Å². The minimum atomic E-state index is -0.725. The largest absolute Gasteiger partial charge is 0.348 e. The Kier molecular flexibility index (Phi) is 4.51. The highest BCUT2D eigenvalue weighted by atomic mass is 32.1. The van der Waals surface area contributed by atoms with Crippen LogP contribution in [0.3, 0.4) is 0 Å². The molecule has 1 aliphatic carbocycles. The van der Waals surface area contributed by atoms with Gasteiger partial charge in [-0.2, -0.15) is 0 Å². The summed E-state index contributed by atoms with van der Waals surface area (Å²) >= 11 is 1.54. The van der Waals surface area contributed by atoms with Gasteiger partial charge in [-0.05, 0) is 37.8 Å². The Hall–Kier alpha value is -2.61. The number of hydrogen-bond donors (Lipinski definition) is 1. The number of thiophene rings is 1. The molecule has 1 amide bonds. The van der Waals surface area contributed by atoms with E-state index in [-0.39, 0.29) is 17.7 Å². The summed E-state index contributed by atoms with van der Waals surface area (Å²) in [7, 11) is 0. The second kappa shape index (κ2) is 6.84. The van der Waals surface area contributed by atoms with Crippen LogP contribution in [-0.4, -0.2) is 15.5 Å². The van der Waals surface area contributed by atoms with Crippen molar-refractivity contribution in [1.29, 1.82) is 0 Å². The summed E-state index contributed by atoms with van der Waals surface area (Å²) in [5.74, 6) is -1.85. The van der Waals surface area contributed by atoms with Crippen molar-refractivity contribution < 1.29 is 13.6 Å². The van der Waals surface area contributed by atoms with Crippen molar-refractivity contribution >= 4 is 27.5 Å². The van der Waals surface area contributed by atoms with Gasteiger partial charge in [-0.25, -0.2) is 13.8 Å². The van der Waals surface area contributed by atoms with E-state index < -0.39 is 23.6 Å². The van der Waals surface area contributed by atoms with E-state index in [0.717, 1.165) is 37.0 Å². The molecule has 0 unspecified atom stereocenters. The first-order valence-electron chi connectivity index (χ1n) is 8.68. The third-order valence-electron chi connectivity index (χ3n) is 4.81. The molecule has 4 rings (SSSR count). The normalized spacial score (nSPS) is 14.3. The number of aromatic nitrogens is 2. The maximum atomic E-state index is 13.9. The number of aryl methyl sites for hydroxylation is 2. The predicted octanol–water partition coefficient (Wildman–Crippen LogP) is 3.10. The van der Waals surface area contributed by atoms with Gasteiger partial charge in [0.05, 0.1) is 17.8 Å². The molecule has 27 heavy (non-hydrogen) atoms. The highest BCUT2D eigenvalue weighted by Gasteiger charge is 2.22. The van der Waals surface area contributed by atoms with Gasteiger partial charge in [0.1, 0.15) is 23.0 Å². The van der Waals surface area contributed by atoms with E-state index in [1.807, 2.05) is 0 Å². The first kappa shape index (κ1) is 17.8. The van der Waals surface area contributed by atoms with E-state index >= 15 is 0 Å². The molecule has 140 valence electrons. The van der Waals surface area contributed by atoms with Gasteiger partial charge in [-0.1, -0.05) is 6.07 Å². The van der Waals surface area contributed by atoms with Crippen LogP contribution in [0.5, 0.6) is 0 Å². The van der Waals surface area contributed by atoms with Crippen LogP contribution in [0, 0.1) is 11.6 Å². The van der Waals surface area contributed by atoms with Crippen molar-refractivity contribution in [3.63, 3.8) is 0 Å². The van der Waals surface area contributed by atoms with Crippen LogP contribution < -0.4 is 10.9 Å². The fourth-order valence-electron chi connectivity index (χ4n) is 3.50. The zero-order chi connectivity index (χ0) is 19.1. The van der Waals surface area contributed by atoms with Gasteiger partial charge in [-0.15, -0.1) is 11.3 Å². The molecule has 8 heteroatoms. The molecule has 0 saturated heterocycles. The number of amides is 1. The van der Waals surface area contributed by atoms with Crippen LogP contribution >= 0.6 is 11.3 Å². The second-order valence-electron chi connectivity index (χ2n) is 6.67. The van der Waals surface area contributed by atoms with Gasteiger partial charge < -0.3 is 5.32 Å². The number of fused-ring (bicyclic) bond motifs is 3. The molecule has 0 spiro atoms. The van der Waals surface area contributed by atoms with E-state index in [0.29, 0.717) is 10.2 Å². The molecule has 0 bridgehead atoms. The molecule has 1 aromatic carbocycles. The minimum absolute atomic E-state index is 0.182. The SMILES string of the molecule is C[C@H](NC(=O)Cn1cnc2sc3c(c2c1=O)CCC3)c1ccc(F)cc1F. The lowest BCUT2D eigenvalue weighted by atomic mass is 10.1. The van der Waals surface area contributed by atoms with E-state index in [1.54, 1.807) is 18.3 Å². The molecule has 1 atom stereocenters. The van der Waals surface area contributed by atoms with E-state index in [1.165, 1.54) is 21.8 Å².